The highest BCUT2D eigenvalue weighted by Crippen LogP contribution is 1.97. The molecule has 1 aromatic heterocycles. The first-order valence-electron chi connectivity index (χ1n) is 3.81. The normalized spacial score (nSPS) is 9.73. The zero-order valence-electron chi connectivity index (χ0n) is 7.33. The van der Waals surface area contributed by atoms with Crippen LogP contribution in [0.3, 0.4) is 0 Å². The fraction of sp³-hybridized carbons (Fsp3) is 0.444. The Labute approximate surface area is 67.6 Å². The number of hydrogen-bond acceptors (Lipinski definition) is 1. The lowest BCUT2D eigenvalue weighted by molar-refractivity contribution is 0.776. The van der Waals surface area contributed by atoms with Crippen molar-refractivity contribution in [2.45, 2.75) is 27.3 Å². The summed E-state index contributed by atoms with van der Waals surface area (Å²) in [5.74, 6) is 1.07. The quantitative estimate of drug-likeness (QED) is 0.591. The molecule has 0 aromatic carbocycles. The second kappa shape index (κ2) is 3.37. The molecule has 0 atom stereocenters. The van der Waals surface area contributed by atoms with Gasteiger partial charge in [-0.2, -0.15) is 0 Å². The Bertz CT molecular complexity index is 254. The lowest BCUT2D eigenvalue weighted by Crippen LogP contribution is -1.96. The standard InChI is InChI=1S/C9H14N2/c1-8(2)4-6-11-7-5-10-9(11)3/h4-5,7H,6H2,1-3H3. The predicted molar refractivity (Wildman–Crippen MR) is 46.4 cm³/mol. The van der Waals surface area contributed by atoms with Gasteiger partial charge >= 0.3 is 0 Å². The van der Waals surface area contributed by atoms with E-state index >= 15 is 0 Å². The van der Waals surface area contributed by atoms with Crippen LogP contribution in [0.5, 0.6) is 0 Å². The van der Waals surface area contributed by atoms with Gasteiger partial charge in [0.2, 0.25) is 0 Å². The van der Waals surface area contributed by atoms with Gasteiger partial charge in [0.25, 0.3) is 0 Å². The third-order valence-electron chi connectivity index (χ3n) is 1.62. The topological polar surface area (TPSA) is 17.8 Å². The van der Waals surface area contributed by atoms with Crippen LogP contribution in [0.25, 0.3) is 0 Å². The van der Waals surface area contributed by atoms with Crippen molar-refractivity contribution in [3.8, 4) is 0 Å². The van der Waals surface area contributed by atoms with Gasteiger partial charge in [-0.1, -0.05) is 11.6 Å². The number of hydrogen-bond donors (Lipinski definition) is 0. The molecule has 0 aliphatic carbocycles. The molecule has 0 N–H and O–H groups in total. The third-order valence-corrected chi connectivity index (χ3v) is 1.62. The Morgan fingerprint density at radius 2 is 2.36 bits per heavy atom. The van der Waals surface area contributed by atoms with Gasteiger partial charge in [-0.25, -0.2) is 4.98 Å². The molecule has 1 aromatic rings. The maximum absolute atomic E-state index is 4.13. The number of imidazole rings is 1. The minimum atomic E-state index is 0.939. The van der Waals surface area contributed by atoms with Crippen molar-refractivity contribution < 1.29 is 0 Å². The summed E-state index contributed by atoms with van der Waals surface area (Å²) < 4.78 is 2.12. The fourth-order valence-electron chi connectivity index (χ4n) is 0.878. The highest BCUT2D eigenvalue weighted by molar-refractivity contribution is 4.97. The maximum atomic E-state index is 4.13. The van der Waals surface area contributed by atoms with Gasteiger partial charge in [0.05, 0.1) is 0 Å². The van der Waals surface area contributed by atoms with Gasteiger partial charge in [-0.3, -0.25) is 0 Å². The molecule has 11 heavy (non-hydrogen) atoms. The highest BCUT2D eigenvalue weighted by Gasteiger charge is 1.91. The van der Waals surface area contributed by atoms with Crippen LogP contribution in [0, 0.1) is 6.92 Å². The van der Waals surface area contributed by atoms with Crippen molar-refractivity contribution >= 4 is 0 Å². The van der Waals surface area contributed by atoms with Crippen LogP contribution in [-0.4, -0.2) is 9.55 Å². The van der Waals surface area contributed by atoms with E-state index < -0.39 is 0 Å². The van der Waals surface area contributed by atoms with Gasteiger partial charge in [-0.05, 0) is 20.8 Å². The average Bonchev–Trinajstić information content (AvgIpc) is 2.31. The maximum Gasteiger partial charge on any atom is 0.105 e. The van der Waals surface area contributed by atoms with Crippen molar-refractivity contribution in [3.63, 3.8) is 0 Å². The molecule has 0 radical (unpaired) electrons. The van der Waals surface area contributed by atoms with Crippen molar-refractivity contribution in [2.75, 3.05) is 0 Å². The summed E-state index contributed by atoms with van der Waals surface area (Å²) in [4.78, 5) is 4.13. The third kappa shape index (κ3) is 2.22. The molecule has 0 unspecified atom stereocenters. The summed E-state index contributed by atoms with van der Waals surface area (Å²) in [5, 5.41) is 0. The minimum absolute atomic E-state index is 0.939. The Balaban J connectivity index is 2.65. The molecular weight excluding hydrogens is 136 g/mol. The number of allylic oxidation sites excluding steroid dienone is 2. The van der Waals surface area contributed by atoms with E-state index in [1.807, 2.05) is 19.3 Å². The Morgan fingerprint density at radius 1 is 1.64 bits per heavy atom. The van der Waals surface area contributed by atoms with E-state index in [-0.39, 0.29) is 0 Å². The van der Waals surface area contributed by atoms with Crippen molar-refractivity contribution in [2.24, 2.45) is 0 Å². The molecule has 0 fully saturated rings. The zero-order valence-corrected chi connectivity index (χ0v) is 7.33. The molecule has 0 amide bonds. The van der Waals surface area contributed by atoms with Crippen LogP contribution in [0.15, 0.2) is 24.0 Å². The lowest BCUT2D eigenvalue weighted by Gasteiger charge is -1.99. The summed E-state index contributed by atoms with van der Waals surface area (Å²) in [6.07, 6.45) is 6.01. The van der Waals surface area contributed by atoms with Crippen LogP contribution in [0.1, 0.15) is 19.7 Å². The molecule has 1 heterocycles. The van der Waals surface area contributed by atoms with Crippen LogP contribution >= 0.6 is 0 Å². The summed E-state index contributed by atoms with van der Waals surface area (Å²) in [6.45, 7) is 7.16. The van der Waals surface area contributed by atoms with E-state index in [2.05, 4.69) is 29.5 Å². The highest BCUT2D eigenvalue weighted by atomic mass is 15.0. The summed E-state index contributed by atoms with van der Waals surface area (Å²) in [7, 11) is 0. The summed E-state index contributed by atoms with van der Waals surface area (Å²) >= 11 is 0. The number of nitrogens with zero attached hydrogens (tertiary/aromatic N) is 2. The molecule has 0 spiro atoms. The monoisotopic (exact) mass is 150 g/mol. The second-order valence-electron chi connectivity index (χ2n) is 2.91. The first-order chi connectivity index (χ1) is 5.20. The van der Waals surface area contributed by atoms with Crippen LogP contribution < -0.4 is 0 Å². The zero-order chi connectivity index (χ0) is 8.27. The van der Waals surface area contributed by atoms with Crippen LogP contribution in [0.4, 0.5) is 0 Å². The summed E-state index contributed by atoms with van der Waals surface area (Å²) in [6, 6.07) is 0. The van der Waals surface area contributed by atoms with Gasteiger partial charge in [0.1, 0.15) is 5.82 Å². The van der Waals surface area contributed by atoms with Crippen LogP contribution in [0.2, 0.25) is 0 Å². The molecular formula is C9H14N2. The first-order valence-corrected chi connectivity index (χ1v) is 3.81. The van der Waals surface area contributed by atoms with Crippen LogP contribution in [-0.2, 0) is 6.54 Å². The predicted octanol–water partition coefficient (Wildman–Crippen LogP) is 2.16. The molecule has 60 valence electrons. The van der Waals surface area contributed by atoms with E-state index in [4.69, 9.17) is 0 Å². The Hall–Kier alpha value is -1.05. The van der Waals surface area contributed by atoms with E-state index in [0.29, 0.717) is 0 Å². The van der Waals surface area contributed by atoms with E-state index in [1.54, 1.807) is 0 Å². The van der Waals surface area contributed by atoms with Gasteiger partial charge in [-0.15, -0.1) is 0 Å². The number of aryl methyl sites for hydroxylation is 1. The second-order valence-corrected chi connectivity index (χ2v) is 2.91. The molecule has 0 bridgehead atoms. The van der Waals surface area contributed by atoms with E-state index in [1.165, 1.54) is 5.57 Å². The molecule has 0 saturated heterocycles. The van der Waals surface area contributed by atoms with Gasteiger partial charge < -0.3 is 4.57 Å². The van der Waals surface area contributed by atoms with Crippen molar-refractivity contribution in [3.05, 3.63) is 29.9 Å². The molecule has 2 nitrogen and oxygen atoms in total. The molecule has 1 rings (SSSR count). The first kappa shape index (κ1) is 8.05. The SMILES string of the molecule is CC(C)=CCn1ccnc1C. The average molecular weight is 150 g/mol. The number of aromatic nitrogens is 2. The van der Waals surface area contributed by atoms with E-state index in [0.717, 1.165) is 12.4 Å². The van der Waals surface area contributed by atoms with Gasteiger partial charge in [0.15, 0.2) is 0 Å². The van der Waals surface area contributed by atoms with E-state index in [9.17, 15) is 0 Å². The Kier molecular flexibility index (Phi) is 2.47. The van der Waals surface area contributed by atoms with Crippen molar-refractivity contribution in [1.29, 1.82) is 0 Å². The molecule has 0 aliphatic heterocycles. The van der Waals surface area contributed by atoms with Gasteiger partial charge in [0, 0.05) is 18.9 Å². The number of rotatable bonds is 2. The summed E-state index contributed by atoms with van der Waals surface area (Å²) in [5.41, 5.74) is 1.35. The molecule has 2 heteroatoms. The lowest BCUT2D eigenvalue weighted by atomic mass is 10.3. The largest absolute Gasteiger partial charge is 0.331 e. The molecule has 0 aliphatic rings. The molecule has 0 saturated carbocycles. The minimum Gasteiger partial charge on any atom is -0.331 e. The van der Waals surface area contributed by atoms with Crippen molar-refractivity contribution in [1.82, 2.24) is 9.55 Å². The fourth-order valence-corrected chi connectivity index (χ4v) is 0.878. The Morgan fingerprint density at radius 3 is 2.82 bits per heavy atom. The smallest absolute Gasteiger partial charge is 0.105 e.